The number of carbonyl (C=O) groups is 1. The highest BCUT2D eigenvalue weighted by molar-refractivity contribution is 6.20. The molecule has 0 aromatic heterocycles. The molecular weight excluding hydrogens is 230 g/mol. The van der Waals surface area contributed by atoms with Gasteiger partial charge in [-0.05, 0) is 19.3 Å². The molecule has 94 valence electrons. The van der Waals surface area contributed by atoms with E-state index in [1.54, 1.807) is 0 Å². The van der Waals surface area contributed by atoms with Gasteiger partial charge < -0.3 is 15.2 Å². The quantitative estimate of drug-likeness (QED) is 0.543. The molecule has 2 atom stereocenters. The van der Waals surface area contributed by atoms with Crippen molar-refractivity contribution >= 4 is 17.5 Å². The van der Waals surface area contributed by atoms with Gasteiger partial charge in [0.1, 0.15) is 0 Å². The highest BCUT2D eigenvalue weighted by atomic mass is 35.5. The zero-order valence-corrected chi connectivity index (χ0v) is 10.2. The average molecular weight is 250 g/mol. The van der Waals surface area contributed by atoms with Crippen LogP contribution in [0.2, 0.25) is 0 Å². The zero-order valence-electron chi connectivity index (χ0n) is 9.45. The van der Waals surface area contributed by atoms with E-state index in [2.05, 4.69) is 5.32 Å². The van der Waals surface area contributed by atoms with Crippen LogP contribution >= 0.6 is 11.6 Å². The van der Waals surface area contributed by atoms with Gasteiger partial charge in [-0.15, -0.1) is 11.6 Å². The second kappa shape index (κ2) is 7.87. The van der Waals surface area contributed by atoms with Gasteiger partial charge in [0, 0.05) is 17.8 Å². The number of halogens is 1. The van der Waals surface area contributed by atoms with Crippen LogP contribution in [0.5, 0.6) is 0 Å². The molecule has 4 nitrogen and oxygen atoms in total. The maximum absolute atomic E-state index is 11.7. The van der Waals surface area contributed by atoms with Gasteiger partial charge in [-0.1, -0.05) is 6.42 Å². The monoisotopic (exact) mass is 249 g/mol. The second-order valence-electron chi connectivity index (χ2n) is 4.09. The van der Waals surface area contributed by atoms with Crippen LogP contribution in [0.25, 0.3) is 0 Å². The molecule has 0 aromatic rings. The first kappa shape index (κ1) is 13.7. The van der Waals surface area contributed by atoms with Crippen molar-refractivity contribution in [2.75, 3.05) is 26.4 Å². The van der Waals surface area contributed by atoms with Crippen LogP contribution in [0.4, 0.5) is 0 Å². The van der Waals surface area contributed by atoms with E-state index >= 15 is 0 Å². The van der Waals surface area contributed by atoms with Gasteiger partial charge >= 0.3 is 0 Å². The fraction of sp³-hybridized carbons (Fsp3) is 0.909. The summed E-state index contributed by atoms with van der Waals surface area (Å²) >= 11 is 6.03. The van der Waals surface area contributed by atoms with E-state index in [1.165, 1.54) is 0 Å². The normalized spacial score (nSPS) is 25.4. The minimum absolute atomic E-state index is 0.0184. The molecule has 5 heteroatoms. The number of aliphatic hydroxyl groups excluding tert-OH is 1. The third-order valence-electron chi connectivity index (χ3n) is 2.76. The molecular formula is C11H20ClNO3. The molecule has 0 bridgehead atoms. The molecule has 1 saturated carbocycles. The number of amides is 1. The molecule has 16 heavy (non-hydrogen) atoms. The van der Waals surface area contributed by atoms with Crippen molar-refractivity contribution in [3.8, 4) is 0 Å². The van der Waals surface area contributed by atoms with Crippen LogP contribution in [0.1, 0.15) is 25.7 Å². The lowest BCUT2D eigenvalue weighted by atomic mass is 9.88. The lowest BCUT2D eigenvalue weighted by Crippen LogP contribution is -2.36. The molecule has 0 radical (unpaired) electrons. The predicted molar refractivity (Wildman–Crippen MR) is 62.5 cm³/mol. The summed E-state index contributed by atoms with van der Waals surface area (Å²) in [6, 6.07) is 0. The van der Waals surface area contributed by atoms with Gasteiger partial charge in [0.05, 0.1) is 19.8 Å². The van der Waals surface area contributed by atoms with Crippen molar-refractivity contribution in [1.82, 2.24) is 5.32 Å². The lowest BCUT2D eigenvalue weighted by Gasteiger charge is -2.24. The number of alkyl halides is 1. The molecule has 0 saturated heterocycles. The van der Waals surface area contributed by atoms with Crippen molar-refractivity contribution in [2.45, 2.75) is 31.1 Å². The molecule has 0 aliphatic heterocycles. The zero-order chi connectivity index (χ0) is 11.8. The van der Waals surface area contributed by atoms with Crippen LogP contribution in [0.15, 0.2) is 0 Å². The Morgan fingerprint density at radius 3 is 2.94 bits per heavy atom. The minimum atomic E-state index is 0.0184. The van der Waals surface area contributed by atoms with E-state index in [0.29, 0.717) is 19.8 Å². The molecule has 2 unspecified atom stereocenters. The van der Waals surface area contributed by atoms with E-state index < -0.39 is 0 Å². The number of hydrogen-bond acceptors (Lipinski definition) is 3. The summed E-state index contributed by atoms with van der Waals surface area (Å²) in [5.74, 6) is 0.145. The number of carbonyl (C=O) groups excluding carboxylic acids is 1. The van der Waals surface area contributed by atoms with Crippen molar-refractivity contribution in [3.05, 3.63) is 0 Å². The summed E-state index contributed by atoms with van der Waals surface area (Å²) in [7, 11) is 0. The van der Waals surface area contributed by atoms with Gasteiger partial charge in [-0.2, -0.15) is 0 Å². The molecule has 1 amide bonds. The Morgan fingerprint density at radius 2 is 2.25 bits per heavy atom. The Labute approximate surface area is 101 Å². The summed E-state index contributed by atoms with van der Waals surface area (Å²) in [5, 5.41) is 11.5. The van der Waals surface area contributed by atoms with E-state index in [0.717, 1.165) is 25.7 Å². The maximum Gasteiger partial charge on any atom is 0.223 e. The fourth-order valence-electron chi connectivity index (χ4n) is 1.93. The van der Waals surface area contributed by atoms with Crippen LogP contribution in [0.3, 0.4) is 0 Å². The van der Waals surface area contributed by atoms with Crippen molar-refractivity contribution in [2.24, 2.45) is 5.92 Å². The van der Waals surface area contributed by atoms with Gasteiger partial charge in [0.2, 0.25) is 5.91 Å². The molecule has 0 spiro atoms. The summed E-state index contributed by atoms with van der Waals surface area (Å²) < 4.78 is 5.05. The Morgan fingerprint density at radius 1 is 1.44 bits per heavy atom. The SMILES string of the molecule is O=C(NCCOCCO)C1CCCC(Cl)C1. The van der Waals surface area contributed by atoms with Gasteiger partial charge in [-0.25, -0.2) is 0 Å². The van der Waals surface area contributed by atoms with Gasteiger partial charge in [0.15, 0.2) is 0 Å². The Hall–Kier alpha value is -0.320. The standard InChI is InChI=1S/C11H20ClNO3/c12-10-3-1-2-9(8-10)11(15)13-4-6-16-7-5-14/h9-10,14H,1-8H2,(H,13,15). The van der Waals surface area contributed by atoms with Gasteiger partial charge in [-0.3, -0.25) is 4.79 Å². The third-order valence-corrected chi connectivity index (χ3v) is 3.16. The number of aliphatic hydroxyl groups is 1. The summed E-state index contributed by atoms with van der Waals surface area (Å²) in [5.41, 5.74) is 0. The molecule has 1 rings (SSSR count). The summed E-state index contributed by atoms with van der Waals surface area (Å²) in [6.07, 6.45) is 3.77. The van der Waals surface area contributed by atoms with Crippen molar-refractivity contribution < 1.29 is 14.6 Å². The lowest BCUT2D eigenvalue weighted by molar-refractivity contribution is -0.126. The van der Waals surface area contributed by atoms with Crippen molar-refractivity contribution in [3.63, 3.8) is 0 Å². The summed E-state index contributed by atoms with van der Waals surface area (Å²) in [4.78, 5) is 11.7. The average Bonchev–Trinajstić information content (AvgIpc) is 2.28. The van der Waals surface area contributed by atoms with E-state index in [4.69, 9.17) is 21.4 Å². The first-order valence-electron chi connectivity index (χ1n) is 5.84. The highest BCUT2D eigenvalue weighted by Gasteiger charge is 2.25. The fourth-order valence-corrected chi connectivity index (χ4v) is 2.30. The number of hydrogen-bond donors (Lipinski definition) is 2. The van der Waals surface area contributed by atoms with E-state index in [9.17, 15) is 4.79 Å². The Kier molecular flexibility index (Phi) is 6.76. The van der Waals surface area contributed by atoms with Crippen LogP contribution in [-0.2, 0) is 9.53 Å². The number of nitrogens with one attached hydrogen (secondary N) is 1. The minimum Gasteiger partial charge on any atom is -0.394 e. The van der Waals surface area contributed by atoms with Crippen LogP contribution in [0, 0.1) is 5.92 Å². The maximum atomic E-state index is 11.7. The third kappa shape index (κ3) is 5.14. The molecule has 0 aromatic carbocycles. The molecule has 2 N–H and O–H groups in total. The van der Waals surface area contributed by atoms with Crippen LogP contribution in [-0.4, -0.2) is 42.8 Å². The molecule has 1 aliphatic carbocycles. The van der Waals surface area contributed by atoms with E-state index in [-0.39, 0.29) is 23.8 Å². The van der Waals surface area contributed by atoms with Crippen molar-refractivity contribution in [1.29, 1.82) is 0 Å². The smallest absolute Gasteiger partial charge is 0.223 e. The second-order valence-corrected chi connectivity index (χ2v) is 4.71. The highest BCUT2D eigenvalue weighted by Crippen LogP contribution is 2.27. The van der Waals surface area contributed by atoms with Crippen LogP contribution < -0.4 is 5.32 Å². The number of ether oxygens (including phenoxy) is 1. The largest absolute Gasteiger partial charge is 0.394 e. The predicted octanol–water partition coefficient (Wildman–Crippen LogP) is 0.909. The van der Waals surface area contributed by atoms with Gasteiger partial charge in [0.25, 0.3) is 0 Å². The molecule has 0 heterocycles. The Balaban J connectivity index is 2.09. The first-order chi connectivity index (χ1) is 7.74. The summed E-state index contributed by atoms with van der Waals surface area (Å²) in [6.45, 7) is 1.29. The molecule has 1 aliphatic rings. The topological polar surface area (TPSA) is 58.6 Å². The number of rotatable bonds is 6. The Bertz CT molecular complexity index is 213. The van der Waals surface area contributed by atoms with E-state index in [1.807, 2.05) is 0 Å². The molecule has 1 fully saturated rings. The first-order valence-corrected chi connectivity index (χ1v) is 6.28.